The molecule has 5 heteroatoms. The highest BCUT2D eigenvalue weighted by atomic mass is 15.4. The van der Waals surface area contributed by atoms with Crippen molar-refractivity contribution in [2.75, 3.05) is 31.1 Å². The van der Waals surface area contributed by atoms with E-state index in [2.05, 4.69) is 62.7 Å². The molecule has 2 aromatic rings. The van der Waals surface area contributed by atoms with Gasteiger partial charge in [-0.3, -0.25) is 4.90 Å². The van der Waals surface area contributed by atoms with Gasteiger partial charge >= 0.3 is 0 Å². The van der Waals surface area contributed by atoms with Gasteiger partial charge in [-0.15, -0.1) is 5.10 Å². The lowest BCUT2D eigenvalue weighted by molar-refractivity contribution is 0.247. The van der Waals surface area contributed by atoms with Gasteiger partial charge < -0.3 is 4.90 Å². The molecular weight excluding hydrogens is 298 g/mol. The molecule has 24 heavy (non-hydrogen) atoms. The van der Waals surface area contributed by atoms with Crippen LogP contribution in [0, 0.1) is 0 Å². The topological polar surface area (TPSA) is 37.2 Å². The number of anilines is 1. The lowest BCUT2D eigenvalue weighted by atomic mass is 10.2. The molecule has 1 aliphatic carbocycles. The van der Waals surface area contributed by atoms with E-state index >= 15 is 0 Å². The Balaban J connectivity index is 1.28. The van der Waals surface area contributed by atoms with E-state index in [0.29, 0.717) is 0 Å². The Bertz CT molecular complexity index is 683. The summed E-state index contributed by atoms with van der Waals surface area (Å²) in [5.74, 6) is 0. The standard InChI is InChI=1S/C19H25N5/c1-2-8-19(9-3-1)23-12-10-22(11-13-23)15-18-16-24(21-20-18)14-17-6-4-5-7-17/h1-3,6,8-9,16H,4-5,7,10-15H2. The minimum absolute atomic E-state index is 0.904. The van der Waals surface area contributed by atoms with Gasteiger partial charge in [-0.05, 0) is 31.4 Å². The fourth-order valence-corrected chi connectivity index (χ4v) is 3.61. The van der Waals surface area contributed by atoms with Crippen LogP contribution in [-0.2, 0) is 13.1 Å². The minimum atomic E-state index is 0.904. The molecule has 1 fully saturated rings. The van der Waals surface area contributed by atoms with Gasteiger partial charge in [0.1, 0.15) is 0 Å². The van der Waals surface area contributed by atoms with Gasteiger partial charge in [0.25, 0.3) is 0 Å². The van der Waals surface area contributed by atoms with E-state index in [4.69, 9.17) is 0 Å². The molecule has 0 bridgehead atoms. The van der Waals surface area contributed by atoms with Gasteiger partial charge in [0.2, 0.25) is 0 Å². The highest BCUT2D eigenvalue weighted by Gasteiger charge is 2.18. The quantitative estimate of drug-likeness (QED) is 0.793. The van der Waals surface area contributed by atoms with Crippen LogP contribution in [0.3, 0.4) is 0 Å². The van der Waals surface area contributed by atoms with Crippen molar-refractivity contribution in [3.05, 3.63) is 53.9 Å². The highest BCUT2D eigenvalue weighted by molar-refractivity contribution is 5.46. The van der Waals surface area contributed by atoms with E-state index in [1.54, 1.807) is 0 Å². The molecule has 126 valence electrons. The number of nitrogens with zero attached hydrogens (tertiary/aromatic N) is 5. The van der Waals surface area contributed by atoms with Crippen LogP contribution < -0.4 is 4.90 Å². The van der Waals surface area contributed by atoms with Crippen molar-refractivity contribution in [3.63, 3.8) is 0 Å². The number of piperazine rings is 1. The van der Waals surface area contributed by atoms with Crippen molar-refractivity contribution < 1.29 is 0 Å². The lowest BCUT2D eigenvalue weighted by Crippen LogP contribution is -2.46. The van der Waals surface area contributed by atoms with Gasteiger partial charge in [0.15, 0.2) is 0 Å². The lowest BCUT2D eigenvalue weighted by Gasteiger charge is -2.35. The van der Waals surface area contributed by atoms with Crippen LogP contribution in [-0.4, -0.2) is 46.1 Å². The van der Waals surface area contributed by atoms with E-state index in [1.807, 2.05) is 4.68 Å². The molecule has 0 saturated carbocycles. The van der Waals surface area contributed by atoms with Crippen LogP contribution in [0.2, 0.25) is 0 Å². The van der Waals surface area contributed by atoms with Crippen molar-refractivity contribution in [1.82, 2.24) is 19.9 Å². The second-order valence-electron chi connectivity index (χ2n) is 6.76. The Morgan fingerprint density at radius 1 is 0.958 bits per heavy atom. The van der Waals surface area contributed by atoms with Gasteiger partial charge in [0, 0.05) is 38.4 Å². The minimum Gasteiger partial charge on any atom is -0.369 e. The number of para-hydroxylation sites is 1. The summed E-state index contributed by atoms with van der Waals surface area (Å²) in [5.41, 5.74) is 3.91. The average molecular weight is 323 g/mol. The molecule has 1 aromatic heterocycles. The van der Waals surface area contributed by atoms with Crippen LogP contribution in [0.4, 0.5) is 5.69 Å². The van der Waals surface area contributed by atoms with Crippen LogP contribution in [0.15, 0.2) is 48.2 Å². The molecule has 0 N–H and O–H groups in total. The van der Waals surface area contributed by atoms with Crippen LogP contribution in [0.5, 0.6) is 0 Å². The second kappa shape index (κ2) is 7.18. The number of aromatic nitrogens is 3. The first-order valence-corrected chi connectivity index (χ1v) is 8.96. The maximum atomic E-state index is 4.36. The third-order valence-corrected chi connectivity index (χ3v) is 4.97. The van der Waals surface area contributed by atoms with E-state index in [9.17, 15) is 0 Å². The van der Waals surface area contributed by atoms with Gasteiger partial charge in [-0.1, -0.05) is 35.1 Å². The Hall–Kier alpha value is -2.14. The number of hydrogen-bond acceptors (Lipinski definition) is 4. The van der Waals surface area contributed by atoms with E-state index in [0.717, 1.165) is 45.0 Å². The Kier molecular flexibility index (Phi) is 4.60. The second-order valence-corrected chi connectivity index (χ2v) is 6.76. The predicted molar refractivity (Wildman–Crippen MR) is 95.9 cm³/mol. The molecule has 4 rings (SSSR count). The van der Waals surface area contributed by atoms with E-state index in [-0.39, 0.29) is 0 Å². The number of rotatable bonds is 5. The maximum Gasteiger partial charge on any atom is 0.0967 e. The first-order chi connectivity index (χ1) is 11.9. The molecular formula is C19H25N5. The van der Waals surface area contributed by atoms with Crippen molar-refractivity contribution in [3.8, 4) is 0 Å². The molecule has 5 nitrogen and oxygen atoms in total. The largest absolute Gasteiger partial charge is 0.369 e. The van der Waals surface area contributed by atoms with Gasteiger partial charge in [0.05, 0.1) is 18.4 Å². The Labute approximate surface area is 143 Å². The summed E-state index contributed by atoms with van der Waals surface area (Å²) in [6.07, 6.45) is 8.20. The zero-order valence-electron chi connectivity index (χ0n) is 14.1. The van der Waals surface area contributed by atoms with Crippen LogP contribution in [0.1, 0.15) is 25.0 Å². The van der Waals surface area contributed by atoms with Crippen molar-refractivity contribution in [1.29, 1.82) is 0 Å². The molecule has 0 radical (unpaired) electrons. The summed E-state index contributed by atoms with van der Waals surface area (Å²) in [5, 5.41) is 8.66. The molecule has 1 aromatic carbocycles. The molecule has 1 aliphatic heterocycles. The summed E-state index contributed by atoms with van der Waals surface area (Å²) in [6, 6.07) is 10.7. The smallest absolute Gasteiger partial charge is 0.0967 e. The van der Waals surface area contributed by atoms with E-state index in [1.165, 1.54) is 30.5 Å². The number of hydrogen-bond donors (Lipinski definition) is 0. The number of allylic oxidation sites excluding steroid dienone is 2. The summed E-state index contributed by atoms with van der Waals surface area (Å²) in [7, 11) is 0. The monoisotopic (exact) mass is 323 g/mol. The zero-order valence-corrected chi connectivity index (χ0v) is 14.1. The van der Waals surface area contributed by atoms with Crippen molar-refractivity contribution in [2.24, 2.45) is 0 Å². The van der Waals surface area contributed by atoms with Crippen LogP contribution >= 0.6 is 0 Å². The zero-order chi connectivity index (χ0) is 16.2. The molecule has 2 aliphatic rings. The number of benzene rings is 1. The maximum absolute atomic E-state index is 4.36. The normalized spacial score (nSPS) is 18.8. The third kappa shape index (κ3) is 3.67. The molecule has 0 atom stereocenters. The molecule has 0 amide bonds. The summed E-state index contributed by atoms with van der Waals surface area (Å²) in [4.78, 5) is 4.93. The van der Waals surface area contributed by atoms with Crippen molar-refractivity contribution in [2.45, 2.75) is 32.4 Å². The fourth-order valence-electron chi connectivity index (χ4n) is 3.61. The first-order valence-electron chi connectivity index (χ1n) is 8.96. The summed E-state index contributed by atoms with van der Waals surface area (Å²) >= 11 is 0. The van der Waals surface area contributed by atoms with Gasteiger partial charge in [-0.25, -0.2) is 4.68 Å². The SMILES string of the molecule is C1=C(Cn2cc(CN3CCN(c4ccccc4)CC3)nn2)CCC1. The molecule has 2 heterocycles. The predicted octanol–water partition coefficient (Wildman–Crippen LogP) is 2.71. The summed E-state index contributed by atoms with van der Waals surface area (Å²) in [6.45, 7) is 6.12. The average Bonchev–Trinajstić information content (AvgIpc) is 3.29. The summed E-state index contributed by atoms with van der Waals surface area (Å²) < 4.78 is 1.99. The Morgan fingerprint density at radius 2 is 1.79 bits per heavy atom. The van der Waals surface area contributed by atoms with E-state index < -0.39 is 0 Å². The third-order valence-electron chi connectivity index (χ3n) is 4.97. The first kappa shape index (κ1) is 15.4. The van der Waals surface area contributed by atoms with Crippen molar-refractivity contribution >= 4 is 5.69 Å². The highest BCUT2D eigenvalue weighted by Crippen LogP contribution is 2.19. The Morgan fingerprint density at radius 3 is 2.54 bits per heavy atom. The molecule has 0 unspecified atom stereocenters. The molecule has 1 saturated heterocycles. The van der Waals surface area contributed by atoms with Crippen LogP contribution in [0.25, 0.3) is 0 Å². The van der Waals surface area contributed by atoms with Gasteiger partial charge in [-0.2, -0.15) is 0 Å². The fraction of sp³-hybridized carbons (Fsp3) is 0.474. The molecule has 0 spiro atoms.